The molecule has 0 spiro atoms. The highest BCUT2D eigenvalue weighted by atomic mass is 32.2. The van der Waals surface area contributed by atoms with Crippen molar-refractivity contribution in [1.82, 2.24) is 0 Å². The van der Waals surface area contributed by atoms with E-state index in [0.29, 0.717) is 0 Å². The van der Waals surface area contributed by atoms with Crippen LogP contribution in [0.15, 0.2) is 0 Å². The van der Waals surface area contributed by atoms with Crippen molar-refractivity contribution in [3.63, 3.8) is 0 Å². The van der Waals surface area contributed by atoms with E-state index in [0.717, 1.165) is 5.75 Å². The van der Waals surface area contributed by atoms with E-state index in [-0.39, 0.29) is 33.8 Å². The van der Waals surface area contributed by atoms with Gasteiger partial charge in [0.1, 0.15) is 17.6 Å². The third-order valence-electron chi connectivity index (χ3n) is 6.56. The van der Waals surface area contributed by atoms with Crippen molar-refractivity contribution in [3.05, 3.63) is 0 Å². The predicted octanol–water partition coefficient (Wildman–Crippen LogP) is 5.63. The van der Waals surface area contributed by atoms with E-state index in [1.165, 1.54) is 0 Å². The molecule has 0 aromatic carbocycles. The largest absolute Gasteiger partial charge is 0.409 e. The van der Waals surface area contributed by atoms with E-state index in [9.17, 15) is 5.11 Å². The Morgan fingerprint density at radius 2 is 1.30 bits per heavy atom. The second-order valence-electron chi connectivity index (χ2n) is 10.8. The minimum absolute atomic E-state index is 0.0764. The number of hydrogen-bond donors (Lipinski definition) is 1. The first kappa shape index (κ1) is 25.7. The zero-order valence-electron chi connectivity index (χ0n) is 19.7. The first-order chi connectivity index (χ1) is 11.9. The summed E-state index contributed by atoms with van der Waals surface area (Å²) in [6, 6.07) is 0. The summed E-state index contributed by atoms with van der Waals surface area (Å²) in [5.74, 6) is 0.926. The molecule has 1 fully saturated rings. The maximum absolute atomic E-state index is 11.4. The van der Waals surface area contributed by atoms with Gasteiger partial charge in [-0.1, -0.05) is 48.5 Å². The molecule has 0 saturated carbocycles. The average Bonchev–Trinajstić information content (AvgIpc) is 2.45. The van der Waals surface area contributed by atoms with Crippen LogP contribution in [-0.4, -0.2) is 57.3 Å². The van der Waals surface area contributed by atoms with Gasteiger partial charge < -0.3 is 18.7 Å². The monoisotopic (exact) mass is 436 g/mol. The normalized spacial score (nSPS) is 31.2. The highest BCUT2D eigenvalue weighted by Crippen LogP contribution is 2.43. The lowest BCUT2D eigenvalue weighted by molar-refractivity contribution is -0.183. The molecule has 7 heteroatoms. The van der Waals surface area contributed by atoms with E-state index in [1.54, 1.807) is 11.8 Å². The first-order valence-electron chi connectivity index (χ1n) is 10.3. The molecule has 4 nitrogen and oxygen atoms in total. The van der Waals surface area contributed by atoms with E-state index < -0.39 is 22.7 Å². The maximum Gasteiger partial charge on any atom is 0.192 e. The number of hydrogen-bond acceptors (Lipinski definition) is 5. The summed E-state index contributed by atoms with van der Waals surface area (Å²) in [4.78, 5) is 0. The van der Waals surface area contributed by atoms with E-state index in [4.69, 9.17) is 13.6 Å². The fourth-order valence-corrected chi connectivity index (χ4v) is 6.36. The number of ether oxygens (including phenoxy) is 1. The fourth-order valence-electron chi connectivity index (χ4n) is 2.62. The number of rotatable bonds is 6. The highest BCUT2D eigenvalue weighted by Gasteiger charge is 2.51. The SMILES string of the molecule is CCS[C@H]1O[C@@H](C)[C@@H](O[Si](C)(C)C(C)(C)C)[C@@H](O)[C@@H]1O[Si](C)(C)C(C)(C)C. The van der Waals surface area contributed by atoms with Gasteiger partial charge >= 0.3 is 0 Å². The molecule has 0 bridgehead atoms. The number of thioether (sulfide) groups is 1. The molecule has 0 unspecified atom stereocenters. The molecular formula is C20H44O4SSi2. The van der Waals surface area contributed by atoms with Crippen LogP contribution in [0.25, 0.3) is 0 Å². The van der Waals surface area contributed by atoms with Gasteiger partial charge in [0.25, 0.3) is 0 Å². The standard InChI is InChI=1S/C20H44O4SSi2/c1-13-25-18-17(24-27(11,12)20(6,7)8)15(21)16(14(2)22-18)23-26(9,10)19(3,4)5/h14-18,21H,13H2,1-12H3/t14-,15+,16+,17-,18+/m0/s1. The lowest BCUT2D eigenvalue weighted by Gasteiger charge is -2.50. The lowest BCUT2D eigenvalue weighted by Crippen LogP contribution is -2.63. The molecule has 0 aliphatic carbocycles. The van der Waals surface area contributed by atoms with Crippen LogP contribution in [0, 0.1) is 0 Å². The van der Waals surface area contributed by atoms with Crippen LogP contribution in [0.3, 0.4) is 0 Å². The summed E-state index contributed by atoms with van der Waals surface area (Å²) in [5, 5.41) is 11.5. The Morgan fingerprint density at radius 1 is 0.889 bits per heavy atom. The van der Waals surface area contributed by atoms with Gasteiger partial charge in [-0.25, -0.2) is 0 Å². The highest BCUT2D eigenvalue weighted by molar-refractivity contribution is 7.99. The molecule has 1 rings (SSSR count). The van der Waals surface area contributed by atoms with Crippen molar-refractivity contribution in [2.24, 2.45) is 0 Å². The van der Waals surface area contributed by atoms with Crippen molar-refractivity contribution in [3.8, 4) is 0 Å². The molecular weight excluding hydrogens is 392 g/mol. The Labute approximate surface area is 174 Å². The van der Waals surface area contributed by atoms with Crippen LogP contribution in [-0.2, 0) is 13.6 Å². The van der Waals surface area contributed by atoms with Gasteiger partial charge in [0, 0.05) is 0 Å². The lowest BCUT2D eigenvalue weighted by atomic mass is 10.0. The molecule has 0 radical (unpaired) electrons. The van der Waals surface area contributed by atoms with Crippen LogP contribution in [0.5, 0.6) is 0 Å². The van der Waals surface area contributed by atoms with Crippen LogP contribution < -0.4 is 0 Å². The van der Waals surface area contributed by atoms with Gasteiger partial charge in [-0.05, 0) is 48.9 Å². The zero-order valence-corrected chi connectivity index (χ0v) is 22.5. The topological polar surface area (TPSA) is 47.9 Å². The predicted molar refractivity (Wildman–Crippen MR) is 123 cm³/mol. The van der Waals surface area contributed by atoms with Crippen molar-refractivity contribution < 1.29 is 18.7 Å². The molecule has 1 N–H and O–H groups in total. The molecule has 1 aliphatic rings. The minimum Gasteiger partial charge on any atom is -0.409 e. The van der Waals surface area contributed by atoms with Crippen LogP contribution in [0.4, 0.5) is 0 Å². The molecule has 27 heavy (non-hydrogen) atoms. The quantitative estimate of drug-likeness (QED) is 0.547. The Kier molecular flexibility index (Phi) is 8.34. The molecule has 1 heterocycles. The average molecular weight is 437 g/mol. The smallest absolute Gasteiger partial charge is 0.192 e. The van der Waals surface area contributed by atoms with Crippen molar-refractivity contribution in [2.75, 3.05) is 5.75 Å². The zero-order chi connectivity index (χ0) is 21.4. The summed E-state index contributed by atoms with van der Waals surface area (Å²) in [6.45, 7) is 26.4. The molecule has 0 amide bonds. The van der Waals surface area contributed by atoms with Crippen molar-refractivity contribution in [1.29, 1.82) is 0 Å². The Hall–Kier alpha value is 0.624. The minimum atomic E-state index is -2.05. The van der Waals surface area contributed by atoms with Gasteiger partial charge in [0.05, 0.1) is 12.2 Å². The number of aliphatic hydroxyl groups excluding tert-OH is 1. The van der Waals surface area contributed by atoms with Gasteiger partial charge in [0.2, 0.25) is 0 Å². The Bertz CT molecular complexity index is 485. The second-order valence-corrected chi connectivity index (χ2v) is 21.7. The Morgan fingerprint density at radius 3 is 1.67 bits per heavy atom. The van der Waals surface area contributed by atoms with E-state index in [1.807, 2.05) is 6.92 Å². The molecule has 0 aromatic rings. The van der Waals surface area contributed by atoms with Gasteiger partial charge in [-0.2, -0.15) is 0 Å². The second kappa shape index (κ2) is 8.78. The van der Waals surface area contributed by atoms with Crippen molar-refractivity contribution >= 4 is 28.4 Å². The third kappa shape index (κ3) is 6.06. The van der Waals surface area contributed by atoms with E-state index in [2.05, 4.69) is 74.7 Å². The van der Waals surface area contributed by atoms with Crippen LogP contribution >= 0.6 is 11.8 Å². The van der Waals surface area contributed by atoms with Gasteiger partial charge in [-0.15, -0.1) is 11.8 Å². The number of aliphatic hydroxyl groups is 1. The molecule has 0 aromatic heterocycles. The maximum atomic E-state index is 11.4. The first-order valence-corrected chi connectivity index (χ1v) is 17.1. The summed E-state index contributed by atoms with van der Waals surface area (Å²) in [7, 11) is -4.08. The molecule has 5 atom stereocenters. The third-order valence-corrected chi connectivity index (χ3v) is 16.5. The van der Waals surface area contributed by atoms with Crippen LogP contribution in [0.1, 0.15) is 55.4 Å². The summed E-state index contributed by atoms with van der Waals surface area (Å²) in [6.07, 6.45) is -1.55. The Balaban J connectivity index is 3.14. The summed E-state index contributed by atoms with van der Waals surface area (Å²) >= 11 is 1.72. The van der Waals surface area contributed by atoms with Crippen LogP contribution in [0.2, 0.25) is 36.3 Å². The van der Waals surface area contributed by atoms with E-state index >= 15 is 0 Å². The summed E-state index contributed by atoms with van der Waals surface area (Å²) < 4.78 is 19.6. The van der Waals surface area contributed by atoms with Gasteiger partial charge in [0.15, 0.2) is 16.6 Å². The fraction of sp³-hybridized carbons (Fsp3) is 1.00. The summed E-state index contributed by atoms with van der Waals surface area (Å²) in [5.41, 5.74) is -0.159. The van der Waals surface area contributed by atoms with Gasteiger partial charge in [-0.3, -0.25) is 0 Å². The molecule has 162 valence electrons. The van der Waals surface area contributed by atoms with Crippen molar-refractivity contribution in [2.45, 2.75) is 122 Å². The molecule has 1 aliphatic heterocycles. The molecule has 1 saturated heterocycles.